The van der Waals surface area contributed by atoms with Gasteiger partial charge in [-0.25, -0.2) is 4.98 Å². The molecule has 0 atom stereocenters. The average Bonchev–Trinajstić information content (AvgIpc) is 3.19. The number of amides is 3. The molecule has 0 radical (unpaired) electrons. The van der Waals surface area contributed by atoms with E-state index in [-0.39, 0.29) is 51.4 Å². The summed E-state index contributed by atoms with van der Waals surface area (Å²) < 4.78 is 5.27. The molecule has 188 valence electrons. The van der Waals surface area contributed by atoms with E-state index in [0.29, 0.717) is 24.3 Å². The number of nitrogens with one attached hydrogen (secondary N) is 3. The van der Waals surface area contributed by atoms with Crippen LogP contribution in [0.25, 0.3) is 0 Å². The molecule has 0 unspecified atom stereocenters. The van der Waals surface area contributed by atoms with Crippen LogP contribution < -0.4 is 20.7 Å². The molecular weight excluding hydrogens is 501 g/mol. The Hall–Kier alpha value is -2.40. The van der Waals surface area contributed by atoms with Crippen molar-refractivity contribution < 1.29 is 19.1 Å². The SMILES string of the molecule is COc1cc(NC(C)=O)c(Cl)cc1C(=O)Nc1nc(C(=O)NCCN(C(C)C)C(C)C)cs1.Cl. The van der Waals surface area contributed by atoms with Gasteiger partial charge in [-0.05, 0) is 33.8 Å². The Kier molecular flexibility index (Phi) is 11.7. The van der Waals surface area contributed by atoms with Gasteiger partial charge in [0, 0.05) is 43.5 Å². The monoisotopic (exact) mass is 531 g/mol. The third kappa shape index (κ3) is 8.12. The maximum Gasteiger partial charge on any atom is 0.270 e. The van der Waals surface area contributed by atoms with Crippen LogP contribution in [-0.4, -0.2) is 59.9 Å². The number of thiazole rings is 1. The maximum absolute atomic E-state index is 12.8. The van der Waals surface area contributed by atoms with Crippen molar-refractivity contribution in [2.45, 2.75) is 46.7 Å². The molecule has 0 spiro atoms. The molecule has 0 saturated carbocycles. The van der Waals surface area contributed by atoms with Gasteiger partial charge < -0.3 is 15.4 Å². The molecule has 12 heteroatoms. The Morgan fingerprint density at radius 1 is 1.12 bits per heavy atom. The smallest absolute Gasteiger partial charge is 0.270 e. The second kappa shape index (κ2) is 13.5. The minimum absolute atomic E-state index is 0. The topological polar surface area (TPSA) is 113 Å². The normalized spacial score (nSPS) is 10.8. The van der Waals surface area contributed by atoms with E-state index < -0.39 is 5.91 Å². The van der Waals surface area contributed by atoms with E-state index in [2.05, 4.69) is 53.5 Å². The van der Waals surface area contributed by atoms with Gasteiger partial charge >= 0.3 is 0 Å². The highest BCUT2D eigenvalue weighted by molar-refractivity contribution is 7.14. The summed E-state index contributed by atoms with van der Waals surface area (Å²) in [5.74, 6) is -0.880. The van der Waals surface area contributed by atoms with E-state index in [9.17, 15) is 14.4 Å². The number of carbonyl (C=O) groups is 3. The number of benzene rings is 1. The summed E-state index contributed by atoms with van der Waals surface area (Å²) in [6.07, 6.45) is 0. The van der Waals surface area contributed by atoms with Gasteiger partial charge in [0.2, 0.25) is 5.91 Å². The summed E-state index contributed by atoms with van der Waals surface area (Å²) in [5, 5.41) is 10.1. The Balaban J connectivity index is 0.00000578. The Morgan fingerprint density at radius 2 is 1.76 bits per heavy atom. The Morgan fingerprint density at radius 3 is 2.32 bits per heavy atom. The zero-order chi connectivity index (χ0) is 24.7. The number of carbonyl (C=O) groups excluding carboxylic acids is 3. The summed E-state index contributed by atoms with van der Waals surface area (Å²) >= 11 is 7.32. The number of aromatic nitrogens is 1. The van der Waals surface area contributed by atoms with E-state index in [4.69, 9.17) is 16.3 Å². The molecule has 2 aromatic rings. The lowest BCUT2D eigenvalue weighted by Crippen LogP contribution is -2.42. The van der Waals surface area contributed by atoms with Gasteiger partial charge in [-0.3, -0.25) is 24.6 Å². The molecule has 0 bridgehead atoms. The first-order valence-corrected chi connectivity index (χ1v) is 11.7. The van der Waals surface area contributed by atoms with Crippen LogP contribution in [0.2, 0.25) is 5.02 Å². The van der Waals surface area contributed by atoms with Crippen LogP contribution in [0.3, 0.4) is 0 Å². The van der Waals surface area contributed by atoms with Crippen molar-refractivity contribution in [3.05, 3.63) is 33.8 Å². The second-order valence-electron chi connectivity index (χ2n) is 7.89. The Bertz CT molecular complexity index is 1010. The van der Waals surface area contributed by atoms with Crippen molar-refractivity contribution in [1.29, 1.82) is 0 Å². The third-order valence-electron chi connectivity index (χ3n) is 4.78. The molecule has 1 aromatic heterocycles. The molecule has 0 aliphatic carbocycles. The van der Waals surface area contributed by atoms with Crippen LogP contribution >= 0.6 is 35.3 Å². The molecule has 1 aromatic carbocycles. The number of hydrogen-bond acceptors (Lipinski definition) is 7. The van der Waals surface area contributed by atoms with Crippen molar-refractivity contribution in [1.82, 2.24) is 15.2 Å². The first-order valence-electron chi connectivity index (χ1n) is 10.5. The summed E-state index contributed by atoms with van der Waals surface area (Å²) in [6.45, 7) is 11.0. The summed E-state index contributed by atoms with van der Waals surface area (Å²) in [5.41, 5.74) is 0.724. The molecule has 0 saturated heterocycles. The van der Waals surface area contributed by atoms with E-state index in [1.807, 2.05) is 0 Å². The van der Waals surface area contributed by atoms with Gasteiger partial charge in [-0.15, -0.1) is 23.7 Å². The number of nitrogens with zero attached hydrogens (tertiary/aromatic N) is 2. The van der Waals surface area contributed by atoms with Crippen molar-refractivity contribution in [3.8, 4) is 5.75 Å². The highest BCUT2D eigenvalue weighted by Gasteiger charge is 2.19. The van der Waals surface area contributed by atoms with Crippen molar-refractivity contribution in [2.75, 3.05) is 30.8 Å². The molecule has 0 aliphatic rings. The molecule has 1 heterocycles. The van der Waals surface area contributed by atoms with Crippen LogP contribution in [0.1, 0.15) is 55.5 Å². The maximum atomic E-state index is 12.8. The highest BCUT2D eigenvalue weighted by atomic mass is 35.5. The number of hydrogen-bond donors (Lipinski definition) is 3. The summed E-state index contributed by atoms with van der Waals surface area (Å²) in [7, 11) is 1.41. The lowest BCUT2D eigenvalue weighted by Gasteiger charge is -2.30. The predicted molar refractivity (Wildman–Crippen MR) is 139 cm³/mol. The van der Waals surface area contributed by atoms with Gasteiger partial charge in [0.15, 0.2) is 5.13 Å². The van der Waals surface area contributed by atoms with Gasteiger partial charge in [-0.1, -0.05) is 11.6 Å². The Labute approximate surface area is 215 Å². The van der Waals surface area contributed by atoms with E-state index in [1.165, 1.54) is 26.2 Å². The molecule has 34 heavy (non-hydrogen) atoms. The second-order valence-corrected chi connectivity index (χ2v) is 9.15. The lowest BCUT2D eigenvalue weighted by molar-refractivity contribution is -0.114. The lowest BCUT2D eigenvalue weighted by atomic mass is 10.1. The number of anilines is 2. The molecule has 3 N–H and O–H groups in total. The molecular formula is C22H31Cl2N5O4S. The number of ether oxygens (including phenoxy) is 1. The zero-order valence-electron chi connectivity index (χ0n) is 20.0. The molecule has 2 rings (SSSR count). The van der Waals surface area contributed by atoms with Gasteiger partial charge in [0.05, 0.1) is 23.4 Å². The predicted octanol–water partition coefficient (Wildman–Crippen LogP) is 4.29. The number of rotatable bonds is 10. The van der Waals surface area contributed by atoms with Crippen LogP contribution in [0, 0.1) is 0 Å². The zero-order valence-corrected chi connectivity index (χ0v) is 22.4. The third-order valence-corrected chi connectivity index (χ3v) is 5.85. The van der Waals surface area contributed by atoms with Crippen LogP contribution in [0.15, 0.2) is 17.5 Å². The molecule has 9 nitrogen and oxygen atoms in total. The van der Waals surface area contributed by atoms with Gasteiger partial charge in [-0.2, -0.15) is 0 Å². The van der Waals surface area contributed by atoms with Gasteiger partial charge in [0.1, 0.15) is 11.4 Å². The van der Waals surface area contributed by atoms with Crippen LogP contribution in [0.4, 0.5) is 10.8 Å². The largest absolute Gasteiger partial charge is 0.496 e. The van der Waals surface area contributed by atoms with Crippen molar-refractivity contribution in [3.63, 3.8) is 0 Å². The fourth-order valence-electron chi connectivity index (χ4n) is 3.29. The molecule has 3 amide bonds. The van der Waals surface area contributed by atoms with E-state index in [0.717, 1.165) is 17.9 Å². The van der Waals surface area contributed by atoms with E-state index in [1.54, 1.807) is 5.38 Å². The average molecular weight is 532 g/mol. The van der Waals surface area contributed by atoms with E-state index >= 15 is 0 Å². The standard InChI is InChI=1S/C22H30ClN5O4S.ClH/c1-12(2)28(13(3)4)8-7-24-21(31)18-11-33-22(26-18)27-20(30)15-9-16(23)17(25-14(5)29)10-19(15)32-6;/h9-13H,7-8H2,1-6H3,(H,24,31)(H,25,29)(H,26,27,30);1H. The van der Waals surface area contributed by atoms with Crippen LogP contribution in [0.5, 0.6) is 5.75 Å². The fourth-order valence-corrected chi connectivity index (χ4v) is 4.18. The molecule has 0 aliphatic heterocycles. The quantitative estimate of drug-likeness (QED) is 0.421. The number of methoxy groups -OCH3 is 1. The summed E-state index contributed by atoms with van der Waals surface area (Å²) in [4.78, 5) is 43.0. The first-order chi connectivity index (χ1) is 15.5. The van der Waals surface area contributed by atoms with Crippen LogP contribution in [-0.2, 0) is 4.79 Å². The van der Waals surface area contributed by atoms with Gasteiger partial charge in [0.25, 0.3) is 11.8 Å². The first kappa shape index (κ1) is 29.6. The highest BCUT2D eigenvalue weighted by Crippen LogP contribution is 2.31. The minimum atomic E-state index is -0.506. The fraction of sp³-hybridized carbons (Fsp3) is 0.455. The molecule has 0 fully saturated rings. The minimum Gasteiger partial charge on any atom is -0.496 e. The number of halogens is 2. The summed E-state index contributed by atoms with van der Waals surface area (Å²) in [6, 6.07) is 3.62. The van der Waals surface area contributed by atoms with Crippen molar-refractivity contribution >= 4 is 63.9 Å². The van der Waals surface area contributed by atoms with Crippen molar-refractivity contribution in [2.24, 2.45) is 0 Å².